The highest BCUT2D eigenvalue weighted by atomic mass is 16.7. The molecule has 0 bridgehead atoms. The summed E-state index contributed by atoms with van der Waals surface area (Å²) in [5.41, 5.74) is -0.462. The highest BCUT2D eigenvalue weighted by Gasteiger charge is 2.55. The van der Waals surface area contributed by atoms with Crippen molar-refractivity contribution in [3.05, 3.63) is 0 Å². The first-order valence-electron chi connectivity index (χ1n) is 7.41. The Labute approximate surface area is 114 Å². The van der Waals surface area contributed by atoms with E-state index in [2.05, 4.69) is 0 Å². The van der Waals surface area contributed by atoms with E-state index in [0.717, 1.165) is 19.3 Å². The van der Waals surface area contributed by atoms with Crippen molar-refractivity contribution in [3.8, 4) is 0 Å². The standard InChI is InChI=1S/C13H18O4.C2H6/c1-12-4-5-13(16-6-7-17-13)8-9(12)2-3-10(14)11(12)15;1-2/h9H,2-8H2,1H3;1-2H3. The molecular formula is C15H24O4. The predicted octanol–water partition coefficient (Wildman–Crippen LogP) is 2.49. The Morgan fingerprint density at radius 1 is 1.11 bits per heavy atom. The molecule has 19 heavy (non-hydrogen) atoms. The number of rotatable bonds is 0. The van der Waals surface area contributed by atoms with Crippen LogP contribution < -0.4 is 0 Å². The largest absolute Gasteiger partial charge is 0.348 e. The minimum atomic E-state index is -0.462. The van der Waals surface area contributed by atoms with Crippen molar-refractivity contribution < 1.29 is 19.1 Å². The van der Waals surface area contributed by atoms with Gasteiger partial charge in [0.2, 0.25) is 5.78 Å². The van der Waals surface area contributed by atoms with Crippen LogP contribution in [-0.2, 0) is 19.1 Å². The van der Waals surface area contributed by atoms with Gasteiger partial charge in [0.25, 0.3) is 0 Å². The SMILES string of the molecule is CC.CC12CCC3(CC1CCC(=O)C2=O)OCCO3. The van der Waals surface area contributed by atoms with E-state index in [1.807, 2.05) is 20.8 Å². The summed E-state index contributed by atoms with van der Waals surface area (Å²) < 4.78 is 11.4. The zero-order valence-electron chi connectivity index (χ0n) is 12.2. The van der Waals surface area contributed by atoms with Crippen molar-refractivity contribution in [2.24, 2.45) is 11.3 Å². The van der Waals surface area contributed by atoms with Crippen LogP contribution in [0.3, 0.4) is 0 Å². The van der Waals surface area contributed by atoms with E-state index in [4.69, 9.17) is 9.47 Å². The molecule has 0 N–H and O–H groups in total. The first kappa shape index (κ1) is 14.7. The van der Waals surface area contributed by atoms with Crippen LogP contribution in [0.15, 0.2) is 0 Å². The van der Waals surface area contributed by atoms with Gasteiger partial charge >= 0.3 is 0 Å². The van der Waals surface area contributed by atoms with E-state index in [-0.39, 0.29) is 17.5 Å². The molecule has 4 heteroatoms. The van der Waals surface area contributed by atoms with E-state index in [0.29, 0.717) is 26.1 Å². The number of hydrogen-bond donors (Lipinski definition) is 0. The molecule has 0 radical (unpaired) electrons. The molecule has 4 nitrogen and oxygen atoms in total. The summed E-state index contributed by atoms with van der Waals surface area (Å²) in [5, 5.41) is 0. The zero-order valence-corrected chi connectivity index (χ0v) is 12.2. The number of carbonyl (C=O) groups is 2. The Bertz CT molecular complexity index is 370. The molecule has 2 aliphatic carbocycles. The summed E-state index contributed by atoms with van der Waals surface area (Å²) in [7, 11) is 0. The third-order valence-electron chi connectivity index (χ3n) is 4.79. The van der Waals surface area contributed by atoms with Crippen molar-refractivity contribution >= 4 is 11.6 Å². The van der Waals surface area contributed by atoms with Gasteiger partial charge in [-0.1, -0.05) is 20.8 Å². The lowest BCUT2D eigenvalue weighted by atomic mass is 9.58. The number of ether oxygens (including phenoxy) is 2. The summed E-state index contributed by atoms with van der Waals surface area (Å²) in [5.74, 6) is -0.570. The third kappa shape index (κ3) is 2.36. The van der Waals surface area contributed by atoms with Crippen LogP contribution >= 0.6 is 0 Å². The maximum Gasteiger partial charge on any atom is 0.204 e. The van der Waals surface area contributed by atoms with Crippen molar-refractivity contribution in [2.45, 2.75) is 58.7 Å². The van der Waals surface area contributed by atoms with E-state index in [1.54, 1.807) is 0 Å². The van der Waals surface area contributed by atoms with Gasteiger partial charge in [-0.15, -0.1) is 0 Å². The van der Waals surface area contributed by atoms with Crippen LogP contribution in [0.25, 0.3) is 0 Å². The molecule has 108 valence electrons. The second kappa shape index (κ2) is 5.33. The molecule has 0 aromatic rings. The Morgan fingerprint density at radius 3 is 2.37 bits per heavy atom. The third-order valence-corrected chi connectivity index (χ3v) is 4.79. The summed E-state index contributed by atoms with van der Waals surface area (Å²) in [6, 6.07) is 0. The van der Waals surface area contributed by atoms with Gasteiger partial charge in [-0.2, -0.15) is 0 Å². The Kier molecular flexibility index (Phi) is 4.11. The number of ketones is 2. The lowest BCUT2D eigenvalue weighted by molar-refractivity contribution is -0.209. The van der Waals surface area contributed by atoms with E-state index in [9.17, 15) is 9.59 Å². The van der Waals surface area contributed by atoms with Crippen molar-refractivity contribution in [2.75, 3.05) is 13.2 Å². The normalized spacial score (nSPS) is 36.7. The maximum absolute atomic E-state index is 12.1. The number of Topliss-reactive ketones (excluding diaryl/α,β-unsaturated/α-hetero) is 2. The molecule has 2 atom stereocenters. The summed E-state index contributed by atoms with van der Waals surface area (Å²) in [4.78, 5) is 23.6. The minimum Gasteiger partial charge on any atom is -0.348 e. The number of hydrogen-bond acceptors (Lipinski definition) is 4. The van der Waals surface area contributed by atoms with Crippen LogP contribution in [0.1, 0.15) is 52.9 Å². The van der Waals surface area contributed by atoms with Gasteiger partial charge in [0.05, 0.1) is 13.2 Å². The van der Waals surface area contributed by atoms with Crippen molar-refractivity contribution in [1.29, 1.82) is 0 Å². The van der Waals surface area contributed by atoms with Crippen molar-refractivity contribution in [1.82, 2.24) is 0 Å². The second-order valence-corrected chi connectivity index (χ2v) is 5.72. The van der Waals surface area contributed by atoms with E-state index in [1.165, 1.54) is 0 Å². The van der Waals surface area contributed by atoms with Gasteiger partial charge in [0.1, 0.15) is 0 Å². The lowest BCUT2D eigenvalue weighted by Crippen LogP contribution is -2.52. The molecule has 0 aromatic heterocycles. The van der Waals surface area contributed by atoms with Gasteiger partial charge in [0, 0.05) is 24.7 Å². The van der Waals surface area contributed by atoms with E-state index < -0.39 is 11.2 Å². The molecule has 3 rings (SSSR count). The fourth-order valence-corrected chi connectivity index (χ4v) is 3.57. The van der Waals surface area contributed by atoms with Gasteiger partial charge in [-0.3, -0.25) is 9.59 Å². The van der Waals surface area contributed by atoms with Crippen LogP contribution in [0.4, 0.5) is 0 Å². The molecule has 1 aliphatic heterocycles. The molecule has 3 fully saturated rings. The Morgan fingerprint density at radius 2 is 1.74 bits per heavy atom. The van der Waals surface area contributed by atoms with Gasteiger partial charge in [-0.25, -0.2) is 0 Å². The molecule has 1 spiro atoms. The molecule has 1 heterocycles. The molecular weight excluding hydrogens is 244 g/mol. The second-order valence-electron chi connectivity index (χ2n) is 5.72. The van der Waals surface area contributed by atoms with Gasteiger partial charge < -0.3 is 9.47 Å². The smallest absolute Gasteiger partial charge is 0.204 e. The van der Waals surface area contributed by atoms with Crippen molar-refractivity contribution in [3.63, 3.8) is 0 Å². The average molecular weight is 268 g/mol. The van der Waals surface area contributed by atoms with E-state index >= 15 is 0 Å². The van der Waals surface area contributed by atoms with Crippen LogP contribution in [0, 0.1) is 11.3 Å². The monoisotopic (exact) mass is 268 g/mol. The molecule has 2 unspecified atom stereocenters. The number of fused-ring (bicyclic) bond motifs is 1. The van der Waals surface area contributed by atoms with Gasteiger partial charge in [-0.05, 0) is 18.8 Å². The fraction of sp³-hybridized carbons (Fsp3) is 0.867. The summed E-state index contributed by atoms with van der Waals surface area (Å²) in [6.45, 7) is 7.24. The van der Waals surface area contributed by atoms with Crippen LogP contribution in [-0.4, -0.2) is 30.6 Å². The first-order chi connectivity index (χ1) is 9.06. The first-order valence-corrected chi connectivity index (χ1v) is 7.41. The lowest BCUT2D eigenvalue weighted by Gasteiger charge is -2.48. The fourth-order valence-electron chi connectivity index (χ4n) is 3.57. The minimum absolute atomic E-state index is 0.165. The maximum atomic E-state index is 12.1. The number of carbonyl (C=O) groups excluding carboxylic acids is 2. The molecule has 1 saturated heterocycles. The molecule has 0 amide bonds. The topological polar surface area (TPSA) is 52.6 Å². The van der Waals surface area contributed by atoms with Crippen LogP contribution in [0.5, 0.6) is 0 Å². The quantitative estimate of drug-likeness (QED) is 0.633. The average Bonchev–Trinajstić information content (AvgIpc) is 2.88. The molecule has 2 saturated carbocycles. The predicted molar refractivity (Wildman–Crippen MR) is 70.7 cm³/mol. The molecule has 3 aliphatic rings. The summed E-state index contributed by atoms with van der Waals surface area (Å²) >= 11 is 0. The Balaban J connectivity index is 0.000000637. The highest BCUT2D eigenvalue weighted by Crippen LogP contribution is 2.52. The van der Waals surface area contributed by atoms with Crippen LogP contribution in [0.2, 0.25) is 0 Å². The van der Waals surface area contributed by atoms with Gasteiger partial charge in [0.15, 0.2) is 11.6 Å². The zero-order chi connectivity index (χ0) is 14.1. The molecule has 0 aromatic carbocycles. The summed E-state index contributed by atoms with van der Waals surface area (Å²) in [6.07, 6.45) is 3.41. The highest BCUT2D eigenvalue weighted by molar-refractivity contribution is 6.39. The Hall–Kier alpha value is -0.740.